The van der Waals surface area contributed by atoms with Crippen molar-refractivity contribution in [3.8, 4) is 0 Å². The van der Waals surface area contributed by atoms with E-state index in [4.69, 9.17) is 18.9 Å². The van der Waals surface area contributed by atoms with E-state index in [1.54, 1.807) is 41.3 Å². The van der Waals surface area contributed by atoms with Crippen LogP contribution in [0.1, 0.15) is 84.4 Å². The minimum Gasteiger partial charge on any atom is -0.477 e. The van der Waals surface area contributed by atoms with Gasteiger partial charge in [0.2, 0.25) is 5.91 Å². The summed E-state index contributed by atoms with van der Waals surface area (Å²) in [5.74, 6) is -2.67. The molecule has 16 heteroatoms. The smallest absolute Gasteiger partial charge is 0.354 e. The lowest BCUT2D eigenvalue weighted by atomic mass is 9.95. The highest BCUT2D eigenvalue weighted by atomic mass is 16.5. The lowest BCUT2D eigenvalue weighted by Gasteiger charge is -2.32. The highest BCUT2D eigenvalue weighted by Gasteiger charge is 2.26. The van der Waals surface area contributed by atoms with Crippen molar-refractivity contribution in [2.75, 3.05) is 90.5 Å². The van der Waals surface area contributed by atoms with Crippen LogP contribution in [0.15, 0.2) is 109 Å². The number of carbonyl (C=O) groups excluding carboxylic acids is 2. The van der Waals surface area contributed by atoms with Crippen LogP contribution in [0.3, 0.4) is 0 Å². The Bertz CT molecular complexity index is 2510. The third kappa shape index (κ3) is 13.7. The van der Waals surface area contributed by atoms with E-state index in [1.165, 1.54) is 12.1 Å². The zero-order valence-electron chi connectivity index (χ0n) is 38.3. The van der Waals surface area contributed by atoms with Crippen molar-refractivity contribution in [2.45, 2.75) is 32.5 Å². The van der Waals surface area contributed by atoms with Crippen molar-refractivity contribution in [1.82, 2.24) is 25.1 Å². The molecule has 0 spiro atoms. The van der Waals surface area contributed by atoms with Crippen molar-refractivity contribution in [3.63, 3.8) is 0 Å². The molecule has 2 aliphatic rings. The summed E-state index contributed by atoms with van der Waals surface area (Å²) < 4.78 is 23.9. The molecule has 0 saturated carbocycles. The molecule has 0 bridgehead atoms. The van der Waals surface area contributed by atoms with Crippen LogP contribution in [0.2, 0.25) is 0 Å². The summed E-state index contributed by atoms with van der Waals surface area (Å²) in [5.41, 5.74) is 7.24. The molecule has 3 aromatic carbocycles. The van der Waals surface area contributed by atoms with E-state index in [-0.39, 0.29) is 36.2 Å². The Kier molecular flexibility index (Phi) is 18.0. The molecule has 5 aromatic rings. The van der Waals surface area contributed by atoms with Crippen LogP contribution in [0.5, 0.6) is 0 Å². The van der Waals surface area contributed by atoms with E-state index in [2.05, 4.69) is 44.2 Å². The minimum absolute atomic E-state index is 0.00736. The van der Waals surface area contributed by atoms with Crippen LogP contribution in [-0.2, 0) is 36.8 Å². The molecule has 7 rings (SSSR count). The van der Waals surface area contributed by atoms with Gasteiger partial charge in [-0.3, -0.25) is 19.4 Å². The number of fused-ring (bicyclic) bond motifs is 2. The Morgan fingerprint density at radius 2 is 1.26 bits per heavy atom. The molecular formula is C52H58N6O10. The van der Waals surface area contributed by atoms with E-state index < -0.39 is 18.0 Å². The number of nitrogens with zero attached hydrogens (tertiary/aromatic N) is 5. The number of amides is 2. The SMILES string of the molecule is C/C1=C/c2ccccc2N(C(=O)CCNC(=O)c2ccc(C(c3cccc(C(=O)O)n3)N3CCOCCOCCN(Cc4cccc(C(=O)O)n4)CCOCCOCC3)cc2)Cc2ccccc21. The van der Waals surface area contributed by atoms with Gasteiger partial charge in [-0.15, -0.1) is 0 Å². The predicted molar refractivity (Wildman–Crippen MR) is 255 cm³/mol. The third-order valence-corrected chi connectivity index (χ3v) is 11.7. The fourth-order valence-electron chi connectivity index (χ4n) is 8.27. The van der Waals surface area contributed by atoms with Crippen molar-refractivity contribution < 1.29 is 48.3 Å². The topological polar surface area (TPSA) is 193 Å². The summed E-state index contributed by atoms with van der Waals surface area (Å²) in [7, 11) is 0. The number of carboxylic acids is 2. The summed E-state index contributed by atoms with van der Waals surface area (Å²) in [6.45, 7) is 7.89. The van der Waals surface area contributed by atoms with Gasteiger partial charge in [-0.1, -0.05) is 66.7 Å². The molecule has 356 valence electrons. The Labute approximate surface area is 396 Å². The molecule has 2 aliphatic heterocycles. The highest BCUT2D eigenvalue weighted by Crippen LogP contribution is 2.33. The summed E-state index contributed by atoms with van der Waals surface area (Å²) >= 11 is 0. The summed E-state index contributed by atoms with van der Waals surface area (Å²) in [5, 5.41) is 22.2. The van der Waals surface area contributed by atoms with Crippen LogP contribution in [0.25, 0.3) is 11.6 Å². The fraction of sp³-hybridized carbons (Fsp3) is 0.346. The van der Waals surface area contributed by atoms with Crippen molar-refractivity contribution in [2.24, 2.45) is 0 Å². The first kappa shape index (κ1) is 49.3. The van der Waals surface area contributed by atoms with Crippen LogP contribution in [0, 0.1) is 0 Å². The average Bonchev–Trinajstić information content (AvgIpc) is 3.34. The van der Waals surface area contributed by atoms with E-state index in [9.17, 15) is 29.4 Å². The fourth-order valence-corrected chi connectivity index (χ4v) is 8.27. The number of hydrogen-bond donors (Lipinski definition) is 3. The molecule has 1 fully saturated rings. The second kappa shape index (κ2) is 24.9. The van der Waals surface area contributed by atoms with Gasteiger partial charge in [0.25, 0.3) is 5.91 Å². The van der Waals surface area contributed by atoms with Gasteiger partial charge in [0, 0.05) is 51.3 Å². The first-order valence-corrected chi connectivity index (χ1v) is 22.9. The normalized spacial score (nSPS) is 17.4. The number of ether oxygens (including phenoxy) is 4. The standard InChI is InChI=1S/C52H58N6O10/c1-37-34-40-8-3-5-15-47(40)58(35-41-9-2-4-11-43(37)41)48(59)20-21-53-50(60)39-18-16-38(17-19-39)49(44-12-7-14-46(55-44)52(63)64)57-24-28-67-32-30-65-26-22-56(23-27-66-31-33-68-29-25-57)36-42-10-6-13-45(54-42)51(61)62/h2-19,34,49H,20-33,35-36H2,1H3,(H,53,60)(H,61,62)(H,63,64)/b37-34-. The molecule has 16 nitrogen and oxygen atoms in total. The van der Waals surface area contributed by atoms with Crippen molar-refractivity contribution in [3.05, 3.63) is 160 Å². The second-order valence-corrected chi connectivity index (χ2v) is 16.4. The third-order valence-electron chi connectivity index (χ3n) is 11.7. The van der Waals surface area contributed by atoms with Gasteiger partial charge in [0.1, 0.15) is 11.4 Å². The molecule has 1 unspecified atom stereocenters. The molecule has 3 N–H and O–H groups in total. The number of nitrogens with one attached hydrogen (secondary N) is 1. The monoisotopic (exact) mass is 926 g/mol. The molecule has 2 amide bonds. The van der Waals surface area contributed by atoms with E-state index in [0.717, 1.165) is 33.5 Å². The molecule has 68 heavy (non-hydrogen) atoms. The van der Waals surface area contributed by atoms with Crippen molar-refractivity contribution >= 4 is 41.1 Å². The van der Waals surface area contributed by atoms with Gasteiger partial charge < -0.3 is 39.4 Å². The van der Waals surface area contributed by atoms with Gasteiger partial charge in [0.05, 0.1) is 82.5 Å². The van der Waals surface area contributed by atoms with Gasteiger partial charge in [-0.2, -0.15) is 0 Å². The number of aromatic nitrogens is 2. The Morgan fingerprint density at radius 3 is 1.94 bits per heavy atom. The molecule has 0 aliphatic carbocycles. The molecule has 1 atom stereocenters. The number of carbonyl (C=O) groups is 4. The van der Waals surface area contributed by atoms with Gasteiger partial charge in [-0.25, -0.2) is 19.6 Å². The molecule has 0 radical (unpaired) electrons. The molecular weight excluding hydrogens is 869 g/mol. The number of carboxylic acid groups (broad SMARTS) is 2. The Morgan fingerprint density at radius 1 is 0.662 bits per heavy atom. The number of hydrogen-bond acceptors (Lipinski definition) is 12. The number of para-hydroxylation sites is 1. The largest absolute Gasteiger partial charge is 0.477 e. The Balaban J connectivity index is 0.992. The van der Waals surface area contributed by atoms with E-state index in [0.29, 0.717) is 109 Å². The number of benzene rings is 3. The molecule has 2 aromatic heterocycles. The van der Waals surface area contributed by atoms with Gasteiger partial charge in [-0.05, 0) is 83.3 Å². The van der Waals surface area contributed by atoms with Gasteiger partial charge in [0.15, 0.2) is 0 Å². The first-order chi connectivity index (χ1) is 33.1. The van der Waals surface area contributed by atoms with Crippen LogP contribution in [0.4, 0.5) is 5.69 Å². The summed E-state index contributed by atoms with van der Waals surface area (Å²) in [6.07, 6.45) is 2.20. The first-order valence-electron chi connectivity index (χ1n) is 22.9. The maximum atomic E-state index is 13.9. The molecule has 1 saturated heterocycles. The van der Waals surface area contributed by atoms with Crippen molar-refractivity contribution in [1.29, 1.82) is 0 Å². The average molecular weight is 927 g/mol. The van der Waals surface area contributed by atoms with Crippen LogP contribution < -0.4 is 10.2 Å². The highest BCUT2D eigenvalue weighted by molar-refractivity contribution is 5.99. The van der Waals surface area contributed by atoms with Gasteiger partial charge >= 0.3 is 11.9 Å². The van der Waals surface area contributed by atoms with Crippen LogP contribution >= 0.6 is 0 Å². The lowest BCUT2D eigenvalue weighted by Crippen LogP contribution is -2.37. The Hall–Kier alpha value is -6.66. The molecule has 4 heterocycles. The number of rotatable bonds is 11. The predicted octanol–water partition coefficient (Wildman–Crippen LogP) is 6.07. The minimum atomic E-state index is -1.15. The quantitative estimate of drug-likeness (QED) is 0.138. The van der Waals surface area contributed by atoms with E-state index in [1.807, 2.05) is 54.6 Å². The zero-order chi connectivity index (χ0) is 47.7. The van der Waals surface area contributed by atoms with E-state index >= 15 is 0 Å². The number of pyridine rings is 2. The number of allylic oxidation sites excluding steroid dienone is 1. The number of anilines is 1. The summed E-state index contributed by atoms with van der Waals surface area (Å²) in [6, 6.07) is 32.3. The number of aromatic carboxylic acids is 2. The van der Waals surface area contributed by atoms with Crippen LogP contribution in [-0.4, -0.2) is 139 Å². The zero-order valence-corrected chi connectivity index (χ0v) is 38.3. The second-order valence-electron chi connectivity index (χ2n) is 16.4. The lowest BCUT2D eigenvalue weighted by molar-refractivity contribution is -0.118. The maximum absolute atomic E-state index is 13.9. The summed E-state index contributed by atoms with van der Waals surface area (Å²) in [4.78, 5) is 65.8. The maximum Gasteiger partial charge on any atom is 0.354 e.